The number of hydrogen-bond acceptors (Lipinski definition) is 9. The third-order valence-electron chi connectivity index (χ3n) is 7.47. The van der Waals surface area contributed by atoms with E-state index in [9.17, 15) is 9.59 Å². The lowest BCUT2D eigenvalue weighted by atomic mass is 9.98. The second-order valence-corrected chi connectivity index (χ2v) is 10.6. The molecule has 0 bridgehead atoms. The number of carbonyl (C=O) groups is 2. The number of pyridine rings is 3. The molecule has 5 heterocycles. The average Bonchev–Trinajstić information content (AvgIpc) is 3.57. The van der Waals surface area contributed by atoms with E-state index < -0.39 is 5.97 Å². The van der Waals surface area contributed by atoms with Crippen LogP contribution in [-0.4, -0.2) is 71.5 Å². The van der Waals surface area contributed by atoms with Crippen molar-refractivity contribution in [3.8, 4) is 11.3 Å². The molecule has 10 nitrogen and oxygen atoms in total. The third-order valence-corrected chi connectivity index (χ3v) is 7.47. The number of carbonyl (C=O) groups excluding carboxylic acids is 2. The fourth-order valence-electron chi connectivity index (χ4n) is 5.27. The lowest BCUT2D eigenvalue weighted by molar-refractivity contribution is -0.138. The van der Waals surface area contributed by atoms with Gasteiger partial charge in [-0.3, -0.25) is 14.8 Å². The molecule has 0 saturated carbocycles. The van der Waals surface area contributed by atoms with Gasteiger partial charge in [-0.15, -0.1) is 0 Å². The Morgan fingerprint density at radius 2 is 1.90 bits per heavy atom. The molecule has 0 aliphatic carbocycles. The minimum Gasteiger partial charge on any atom is -0.460 e. The maximum Gasteiger partial charge on any atom is 0.330 e. The van der Waals surface area contributed by atoms with Crippen LogP contribution in [0.25, 0.3) is 17.3 Å². The van der Waals surface area contributed by atoms with E-state index in [0.29, 0.717) is 49.7 Å². The van der Waals surface area contributed by atoms with Gasteiger partial charge in [0.05, 0.1) is 24.5 Å². The molecule has 2 aliphatic rings. The summed E-state index contributed by atoms with van der Waals surface area (Å²) < 4.78 is 10.4. The van der Waals surface area contributed by atoms with Gasteiger partial charge in [0.2, 0.25) is 5.91 Å². The zero-order valence-corrected chi connectivity index (χ0v) is 23.9. The molecule has 42 heavy (non-hydrogen) atoms. The van der Waals surface area contributed by atoms with Crippen molar-refractivity contribution < 1.29 is 24.2 Å². The van der Waals surface area contributed by atoms with Crippen LogP contribution in [0.4, 0.5) is 11.5 Å². The van der Waals surface area contributed by atoms with Crippen molar-refractivity contribution in [3.63, 3.8) is 0 Å². The van der Waals surface area contributed by atoms with Gasteiger partial charge in [0.25, 0.3) is 0 Å². The summed E-state index contributed by atoms with van der Waals surface area (Å²) in [5.74, 6) is 0.300. The average molecular weight is 572 g/mol. The topological polar surface area (TPSA) is 118 Å². The van der Waals surface area contributed by atoms with Crippen LogP contribution in [0.2, 0.25) is 0 Å². The molecule has 5 rings (SSSR count). The summed E-state index contributed by atoms with van der Waals surface area (Å²) in [6, 6.07) is 11.7. The zero-order chi connectivity index (χ0) is 29.3. The molecule has 0 aromatic carbocycles. The first-order chi connectivity index (χ1) is 20.5. The van der Waals surface area contributed by atoms with E-state index in [1.165, 1.54) is 18.9 Å². The highest BCUT2D eigenvalue weighted by Gasteiger charge is 2.28. The van der Waals surface area contributed by atoms with Crippen LogP contribution in [0.3, 0.4) is 0 Å². The molecule has 1 N–H and O–H groups in total. The van der Waals surface area contributed by atoms with Gasteiger partial charge in [-0.25, -0.2) is 9.78 Å². The van der Waals surface area contributed by atoms with Crippen molar-refractivity contribution in [2.75, 3.05) is 49.3 Å². The molecule has 0 spiro atoms. The highest BCUT2D eigenvalue weighted by Crippen LogP contribution is 2.27. The standard InChI is InChI=1S/C32H37N5O5/c1-23-18-28(19-27(35-23)6-9-31(39)42-17-14-38)37(32(40)25-10-15-41-16-11-25)22-24-4-7-29(33-20-24)26-5-8-30(34-21-26)36-12-2-3-13-36/h4-9,18-21,25,38H,2-3,10-17,22H2,1H3/b9-6+. The van der Waals surface area contributed by atoms with E-state index in [-0.39, 0.29) is 25.0 Å². The predicted molar refractivity (Wildman–Crippen MR) is 160 cm³/mol. The summed E-state index contributed by atoms with van der Waals surface area (Å²) in [5.41, 5.74) is 4.57. The normalized spacial score (nSPS) is 15.7. The molecule has 0 unspecified atom stereocenters. The predicted octanol–water partition coefficient (Wildman–Crippen LogP) is 3.96. The lowest BCUT2D eigenvalue weighted by Gasteiger charge is -2.30. The number of aromatic nitrogens is 3. The summed E-state index contributed by atoms with van der Waals surface area (Å²) in [6.45, 7) is 5.09. The Kier molecular flexibility index (Phi) is 9.89. The molecule has 3 aromatic heterocycles. The quantitative estimate of drug-likeness (QED) is 0.285. The van der Waals surface area contributed by atoms with Crippen LogP contribution in [0, 0.1) is 12.8 Å². The van der Waals surface area contributed by atoms with Gasteiger partial charge in [-0.2, -0.15) is 0 Å². The zero-order valence-electron chi connectivity index (χ0n) is 23.9. The Hall–Kier alpha value is -4.15. The number of hydrogen-bond donors (Lipinski definition) is 1. The van der Waals surface area contributed by atoms with E-state index in [1.54, 1.807) is 23.2 Å². The van der Waals surface area contributed by atoms with Gasteiger partial charge in [0.1, 0.15) is 12.4 Å². The van der Waals surface area contributed by atoms with E-state index in [2.05, 4.69) is 27.0 Å². The molecule has 0 radical (unpaired) electrons. The third kappa shape index (κ3) is 7.57. The van der Waals surface area contributed by atoms with Gasteiger partial charge in [0, 0.05) is 67.6 Å². The first-order valence-corrected chi connectivity index (χ1v) is 14.5. The van der Waals surface area contributed by atoms with Crippen LogP contribution < -0.4 is 9.80 Å². The van der Waals surface area contributed by atoms with E-state index in [0.717, 1.165) is 35.7 Å². The molecule has 10 heteroatoms. The van der Waals surface area contributed by atoms with Crippen molar-refractivity contribution in [2.24, 2.45) is 5.92 Å². The Bertz CT molecular complexity index is 1380. The summed E-state index contributed by atoms with van der Waals surface area (Å²) in [4.78, 5) is 43.7. The molecular formula is C32H37N5O5. The maximum atomic E-state index is 13.8. The molecular weight excluding hydrogens is 534 g/mol. The number of ether oxygens (including phenoxy) is 2. The number of amides is 1. The summed E-state index contributed by atoms with van der Waals surface area (Å²) in [6.07, 6.45) is 10.2. The second kappa shape index (κ2) is 14.2. The Labute approximate surface area is 246 Å². The van der Waals surface area contributed by atoms with Gasteiger partial charge in [0.15, 0.2) is 0 Å². The Morgan fingerprint density at radius 3 is 2.60 bits per heavy atom. The first-order valence-electron chi connectivity index (χ1n) is 14.5. The van der Waals surface area contributed by atoms with Crippen molar-refractivity contribution >= 4 is 29.5 Å². The van der Waals surface area contributed by atoms with Gasteiger partial charge in [-0.1, -0.05) is 6.07 Å². The molecule has 220 valence electrons. The van der Waals surface area contributed by atoms with Crippen LogP contribution in [-0.2, 0) is 25.6 Å². The number of rotatable bonds is 10. The number of esters is 1. The van der Waals surface area contributed by atoms with Gasteiger partial charge in [-0.05, 0) is 74.6 Å². The molecule has 2 aliphatic heterocycles. The smallest absolute Gasteiger partial charge is 0.330 e. The fraction of sp³-hybridized carbons (Fsp3) is 0.406. The molecule has 2 fully saturated rings. The van der Waals surface area contributed by atoms with E-state index in [1.807, 2.05) is 31.3 Å². The molecule has 3 aromatic rings. The van der Waals surface area contributed by atoms with Crippen molar-refractivity contribution in [2.45, 2.75) is 39.2 Å². The summed E-state index contributed by atoms with van der Waals surface area (Å²) in [5, 5.41) is 8.87. The second-order valence-electron chi connectivity index (χ2n) is 10.6. The minimum absolute atomic E-state index is 0.0203. The van der Waals surface area contributed by atoms with Gasteiger partial charge < -0.3 is 24.4 Å². The minimum atomic E-state index is -0.573. The van der Waals surface area contributed by atoms with Crippen LogP contribution in [0.1, 0.15) is 42.6 Å². The molecule has 1 amide bonds. The SMILES string of the molecule is Cc1cc(N(Cc2ccc(-c3ccc(N4CCCC4)nc3)nc2)C(=O)C2CCOCC2)cc(/C=C/C(=O)OCCO)n1. The van der Waals surface area contributed by atoms with Gasteiger partial charge >= 0.3 is 5.97 Å². The maximum absolute atomic E-state index is 13.8. The first kappa shape index (κ1) is 29.3. The van der Waals surface area contributed by atoms with Crippen LogP contribution >= 0.6 is 0 Å². The Balaban J connectivity index is 1.36. The molecule has 0 atom stereocenters. The highest BCUT2D eigenvalue weighted by molar-refractivity contribution is 5.95. The van der Waals surface area contributed by atoms with Crippen molar-refractivity contribution in [3.05, 3.63) is 71.8 Å². The summed E-state index contributed by atoms with van der Waals surface area (Å²) in [7, 11) is 0. The summed E-state index contributed by atoms with van der Waals surface area (Å²) >= 11 is 0. The fourth-order valence-corrected chi connectivity index (χ4v) is 5.27. The van der Waals surface area contributed by atoms with E-state index >= 15 is 0 Å². The largest absolute Gasteiger partial charge is 0.460 e. The monoisotopic (exact) mass is 571 g/mol. The number of aryl methyl sites for hydroxylation is 1. The van der Waals surface area contributed by atoms with Crippen LogP contribution in [0.15, 0.2) is 54.9 Å². The van der Waals surface area contributed by atoms with E-state index in [4.69, 9.17) is 19.6 Å². The van der Waals surface area contributed by atoms with Crippen molar-refractivity contribution in [1.29, 1.82) is 0 Å². The number of aliphatic hydroxyl groups excluding tert-OH is 1. The van der Waals surface area contributed by atoms with Crippen LogP contribution in [0.5, 0.6) is 0 Å². The number of nitrogens with zero attached hydrogens (tertiary/aromatic N) is 5. The number of anilines is 2. The number of aliphatic hydroxyl groups is 1. The molecule has 2 saturated heterocycles. The highest BCUT2D eigenvalue weighted by atomic mass is 16.5. The Morgan fingerprint density at radius 1 is 1.10 bits per heavy atom. The lowest BCUT2D eigenvalue weighted by Crippen LogP contribution is -2.38. The van der Waals surface area contributed by atoms with Crippen molar-refractivity contribution in [1.82, 2.24) is 15.0 Å².